The summed E-state index contributed by atoms with van der Waals surface area (Å²) in [4.78, 5) is 38.2. The predicted molar refractivity (Wildman–Crippen MR) is 138 cm³/mol. The minimum absolute atomic E-state index is 0.0431. The minimum Gasteiger partial charge on any atom is -0.335 e. The Kier molecular flexibility index (Phi) is 4.65. The number of carbonyl (C=O) groups is 1. The lowest BCUT2D eigenvalue weighted by Gasteiger charge is -2.06. The molecule has 182 valence electrons. The summed E-state index contributed by atoms with van der Waals surface area (Å²) in [7, 11) is 1.88. The van der Waals surface area contributed by atoms with Crippen LogP contribution >= 0.6 is 0 Å². The van der Waals surface area contributed by atoms with Gasteiger partial charge >= 0.3 is 0 Å². The largest absolute Gasteiger partial charge is 0.335 e. The van der Waals surface area contributed by atoms with Crippen LogP contribution in [-0.4, -0.2) is 50.2 Å². The average Bonchev–Trinajstić information content (AvgIpc) is 3.39. The molecule has 0 bridgehead atoms. The van der Waals surface area contributed by atoms with Crippen LogP contribution in [0.15, 0.2) is 55.6 Å². The SMILES string of the molecule is Cc1cn(-c2cncc3[nH]c(-c4nn(C)c5cnc(-c6cncc(NC(=O)C7CC7)c6)cc45)nc23)cn1. The van der Waals surface area contributed by atoms with Gasteiger partial charge in [0.25, 0.3) is 0 Å². The van der Waals surface area contributed by atoms with Gasteiger partial charge in [-0.05, 0) is 31.9 Å². The van der Waals surface area contributed by atoms with Gasteiger partial charge in [-0.1, -0.05) is 0 Å². The van der Waals surface area contributed by atoms with E-state index in [0.717, 1.165) is 57.4 Å². The quantitative estimate of drug-likeness (QED) is 0.375. The molecule has 0 aromatic carbocycles. The van der Waals surface area contributed by atoms with Crippen LogP contribution in [0.3, 0.4) is 0 Å². The van der Waals surface area contributed by atoms with E-state index >= 15 is 0 Å². The van der Waals surface area contributed by atoms with Gasteiger partial charge < -0.3 is 14.9 Å². The van der Waals surface area contributed by atoms with E-state index in [2.05, 4.69) is 30.2 Å². The molecule has 0 radical (unpaired) electrons. The highest BCUT2D eigenvalue weighted by Crippen LogP contribution is 2.33. The summed E-state index contributed by atoms with van der Waals surface area (Å²) >= 11 is 0. The number of fused-ring (bicyclic) bond motifs is 2. The van der Waals surface area contributed by atoms with Gasteiger partial charge in [-0.25, -0.2) is 9.97 Å². The first kappa shape index (κ1) is 21.4. The van der Waals surface area contributed by atoms with Crippen LogP contribution in [0.1, 0.15) is 18.5 Å². The Labute approximate surface area is 210 Å². The number of hydrogen-bond acceptors (Lipinski definition) is 7. The summed E-state index contributed by atoms with van der Waals surface area (Å²) in [6, 6.07) is 3.87. The number of imidazole rings is 2. The van der Waals surface area contributed by atoms with E-state index in [4.69, 9.17) is 10.1 Å². The zero-order valence-corrected chi connectivity index (χ0v) is 20.2. The van der Waals surface area contributed by atoms with Crippen molar-refractivity contribution in [1.82, 2.24) is 44.3 Å². The van der Waals surface area contributed by atoms with Crippen molar-refractivity contribution in [3.05, 3.63) is 61.3 Å². The molecule has 37 heavy (non-hydrogen) atoms. The van der Waals surface area contributed by atoms with Crippen molar-refractivity contribution in [2.75, 3.05) is 5.32 Å². The van der Waals surface area contributed by atoms with Crippen molar-refractivity contribution in [2.24, 2.45) is 13.0 Å². The average molecular weight is 491 g/mol. The molecule has 6 heterocycles. The number of H-pyrrole nitrogens is 1. The van der Waals surface area contributed by atoms with Crippen molar-refractivity contribution < 1.29 is 4.79 Å². The fraction of sp³-hybridized carbons (Fsp3) is 0.192. The summed E-state index contributed by atoms with van der Waals surface area (Å²) in [5.74, 6) is 0.794. The first-order valence-electron chi connectivity index (χ1n) is 12.0. The summed E-state index contributed by atoms with van der Waals surface area (Å²) in [5.41, 5.74) is 7.09. The molecule has 1 fully saturated rings. The van der Waals surface area contributed by atoms with Gasteiger partial charge in [-0.2, -0.15) is 5.10 Å². The Morgan fingerprint density at radius 3 is 2.76 bits per heavy atom. The second-order valence-electron chi connectivity index (χ2n) is 9.35. The van der Waals surface area contributed by atoms with Gasteiger partial charge in [0.05, 0.1) is 64.9 Å². The number of aryl methyl sites for hydroxylation is 2. The summed E-state index contributed by atoms with van der Waals surface area (Å²) in [6.07, 6.45) is 14.3. The summed E-state index contributed by atoms with van der Waals surface area (Å²) in [6.45, 7) is 1.94. The standard InChI is InChI=1S/C26H22N10O/c1-14-12-36(13-30-14)22-10-28-9-20-24(22)33-25(32-20)23-18-6-19(29-11-21(18)35(2)34-23)16-5-17(8-27-7-16)31-26(37)15-3-4-15/h5-13,15H,3-4H2,1-2H3,(H,31,37)(H,32,33). The normalized spacial score (nSPS) is 13.5. The third kappa shape index (κ3) is 3.71. The van der Waals surface area contributed by atoms with Gasteiger partial charge in [-0.15, -0.1) is 0 Å². The number of anilines is 1. The van der Waals surface area contributed by atoms with Gasteiger partial charge in [0.2, 0.25) is 5.91 Å². The van der Waals surface area contributed by atoms with E-state index in [1.54, 1.807) is 42.0 Å². The van der Waals surface area contributed by atoms with Crippen LogP contribution < -0.4 is 5.32 Å². The molecule has 0 unspecified atom stereocenters. The molecule has 11 heteroatoms. The van der Waals surface area contributed by atoms with Crippen LogP contribution in [0.25, 0.3) is 50.4 Å². The zero-order chi connectivity index (χ0) is 25.1. The lowest BCUT2D eigenvalue weighted by Crippen LogP contribution is -2.13. The third-order valence-electron chi connectivity index (χ3n) is 6.58. The maximum Gasteiger partial charge on any atom is 0.227 e. The number of nitrogens with one attached hydrogen (secondary N) is 2. The molecule has 6 aromatic rings. The van der Waals surface area contributed by atoms with Crippen molar-refractivity contribution >= 4 is 33.5 Å². The Bertz CT molecular complexity index is 1820. The number of nitrogens with zero attached hydrogens (tertiary/aromatic N) is 8. The number of carbonyl (C=O) groups excluding carboxylic acids is 1. The number of pyridine rings is 3. The first-order chi connectivity index (χ1) is 18.0. The van der Waals surface area contributed by atoms with Crippen LogP contribution in [0.5, 0.6) is 0 Å². The smallest absolute Gasteiger partial charge is 0.227 e. The lowest BCUT2D eigenvalue weighted by molar-refractivity contribution is -0.117. The number of rotatable bonds is 5. The van der Waals surface area contributed by atoms with Crippen LogP contribution in [-0.2, 0) is 11.8 Å². The molecule has 11 nitrogen and oxygen atoms in total. The molecule has 0 spiro atoms. The minimum atomic E-state index is 0.0431. The Morgan fingerprint density at radius 1 is 1.08 bits per heavy atom. The number of aromatic amines is 1. The fourth-order valence-electron chi connectivity index (χ4n) is 4.50. The highest BCUT2D eigenvalue weighted by Gasteiger charge is 2.29. The predicted octanol–water partition coefficient (Wildman–Crippen LogP) is 3.81. The maximum absolute atomic E-state index is 12.2. The topological polar surface area (TPSA) is 132 Å². The van der Waals surface area contributed by atoms with Crippen molar-refractivity contribution in [3.8, 4) is 28.5 Å². The molecule has 0 atom stereocenters. The molecular weight excluding hydrogens is 468 g/mol. The number of hydrogen-bond donors (Lipinski definition) is 2. The molecule has 1 aliphatic rings. The molecule has 0 saturated heterocycles. The summed E-state index contributed by atoms with van der Waals surface area (Å²) < 4.78 is 3.70. The van der Waals surface area contributed by atoms with Gasteiger partial charge in [0.1, 0.15) is 11.2 Å². The number of aromatic nitrogens is 9. The molecule has 2 N–H and O–H groups in total. The lowest BCUT2D eigenvalue weighted by atomic mass is 10.1. The van der Waals surface area contributed by atoms with Crippen LogP contribution in [0.2, 0.25) is 0 Å². The third-order valence-corrected chi connectivity index (χ3v) is 6.58. The monoisotopic (exact) mass is 490 g/mol. The van der Waals surface area contributed by atoms with Crippen LogP contribution in [0.4, 0.5) is 5.69 Å². The van der Waals surface area contributed by atoms with Gasteiger partial charge in [-0.3, -0.25) is 24.4 Å². The highest BCUT2D eigenvalue weighted by molar-refractivity contribution is 5.97. The van der Waals surface area contributed by atoms with E-state index < -0.39 is 0 Å². The molecule has 1 saturated carbocycles. The van der Waals surface area contributed by atoms with Gasteiger partial charge in [0.15, 0.2) is 5.82 Å². The first-order valence-corrected chi connectivity index (χ1v) is 12.0. The molecule has 7 rings (SSSR count). The van der Waals surface area contributed by atoms with Crippen molar-refractivity contribution in [2.45, 2.75) is 19.8 Å². The highest BCUT2D eigenvalue weighted by atomic mass is 16.2. The molecule has 1 amide bonds. The van der Waals surface area contributed by atoms with E-state index in [1.165, 1.54) is 0 Å². The number of amides is 1. The van der Waals surface area contributed by atoms with Crippen molar-refractivity contribution in [1.29, 1.82) is 0 Å². The molecule has 0 aliphatic heterocycles. The molecule has 6 aromatic heterocycles. The van der Waals surface area contributed by atoms with Crippen molar-refractivity contribution in [3.63, 3.8) is 0 Å². The van der Waals surface area contributed by atoms with E-state index in [-0.39, 0.29) is 11.8 Å². The fourth-order valence-corrected chi connectivity index (χ4v) is 4.50. The second-order valence-corrected chi connectivity index (χ2v) is 9.35. The Balaban J connectivity index is 1.31. The Hall–Kier alpha value is -4.93. The van der Waals surface area contributed by atoms with Crippen LogP contribution in [0, 0.1) is 12.8 Å². The summed E-state index contributed by atoms with van der Waals surface area (Å²) in [5, 5.41) is 8.60. The Morgan fingerprint density at radius 2 is 1.95 bits per heavy atom. The molecule has 1 aliphatic carbocycles. The second kappa shape index (κ2) is 8.05. The van der Waals surface area contributed by atoms with E-state index in [9.17, 15) is 4.79 Å². The van der Waals surface area contributed by atoms with E-state index in [1.807, 2.05) is 36.9 Å². The molecular formula is C26H22N10O. The van der Waals surface area contributed by atoms with Gasteiger partial charge in [0, 0.05) is 36.3 Å². The van der Waals surface area contributed by atoms with E-state index in [0.29, 0.717) is 17.2 Å². The maximum atomic E-state index is 12.2. The zero-order valence-electron chi connectivity index (χ0n) is 20.2.